The van der Waals surface area contributed by atoms with Crippen molar-refractivity contribution in [3.8, 4) is 0 Å². The number of carbonyl (C=O) groups is 1. The van der Waals surface area contributed by atoms with Gasteiger partial charge in [0.2, 0.25) is 0 Å². The zero-order chi connectivity index (χ0) is 15.8. The minimum atomic E-state index is -0.922. The first kappa shape index (κ1) is 15.5. The number of anilines is 1. The number of hydrogen-bond donors (Lipinski definition) is 1. The molecule has 0 unspecified atom stereocenters. The average molecular weight is 298 g/mol. The summed E-state index contributed by atoms with van der Waals surface area (Å²) in [5, 5.41) is 3.03. The second-order valence-corrected chi connectivity index (χ2v) is 6.26. The molecule has 0 spiro atoms. The minimum absolute atomic E-state index is 0.154. The quantitative estimate of drug-likeness (QED) is 0.797. The molecule has 1 aromatic rings. The number of amides is 1. The number of carbonyl (C=O) groups excluding carboxylic acids is 1. The fraction of sp³-hybridized carbons (Fsp3) is 0.533. The number of benzene rings is 1. The van der Waals surface area contributed by atoms with E-state index in [-0.39, 0.29) is 12.6 Å². The second-order valence-electron chi connectivity index (χ2n) is 6.26. The maximum absolute atomic E-state index is 13.4. The van der Waals surface area contributed by atoms with Crippen LogP contribution >= 0.6 is 0 Å². The number of nitrogens with one attached hydrogen (secondary N) is 1. The summed E-state index contributed by atoms with van der Waals surface area (Å²) in [6.45, 7) is 7.83. The molecule has 0 aliphatic carbocycles. The number of halogens is 2. The van der Waals surface area contributed by atoms with Gasteiger partial charge < -0.3 is 10.1 Å². The second kappa shape index (κ2) is 5.50. The Morgan fingerprint density at radius 1 is 1.33 bits per heavy atom. The molecule has 2 rings (SSSR count). The summed E-state index contributed by atoms with van der Waals surface area (Å²) < 4.78 is 32.1. The van der Waals surface area contributed by atoms with Crippen molar-refractivity contribution in [2.24, 2.45) is 0 Å². The van der Waals surface area contributed by atoms with Crippen LogP contribution in [0.4, 0.5) is 19.3 Å². The van der Waals surface area contributed by atoms with Gasteiger partial charge in [0.15, 0.2) is 11.6 Å². The van der Waals surface area contributed by atoms with Crippen molar-refractivity contribution in [3.63, 3.8) is 0 Å². The van der Waals surface area contributed by atoms with Gasteiger partial charge in [-0.25, -0.2) is 13.6 Å². The van der Waals surface area contributed by atoms with E-state index < -0.39 is 23.3 Å². The standard InChI is InChI=1S/C15H20F2N2O2/c1-9-7-18-13-6-12(17)11(16)5-10(13)8-19(9)14(20)21-15(2,3)4/h5-6,9,18H,7-8H2,1-4H3/t9-/m1/s1. The predicted molar refractivity (Wildman–Crippen MR) is 76.1 cm³/mol. The van der Waals surface area contributed by atoms with Gasteiger partial charge in [-0.3, -0.25) is 4.90 Å². The molecule has 0 bridgehead atoms. The van der Waals surface area contributed by atoms with Gasteiger partial charge in [0.25, 0.3) is 0 Å². The van der Waals surface area contributed by atoms with E-state index in [1.54, 1.807) is 20.8 Å². The van der Waals surface area contributed by atoms with Gasteiger partial charge in [-0.15, -0.1) is 0 Å². The summed E-state index contributed by atoms with van der Waals surface area (Å²) in [5.74, 6) is -1.83. The summed E-state index contributed by atoms with van der Waals surface area (Å²) in [4.78, 5) is 13.8. The van der Waals surface area contributed by atoms with E-state index in [9.17, 15) is 13.6 Å². The highest BCUT2D eigenvalue weighted by atomic mass is 19.2. The molecule has 1 amide bonds. The fourth-order valence-corrected chi connectivity index (χ4v) is 2.16. The van der Waals surface area contributed by atoms with Crippen molar-refractivity contribution in [1.29, 1.82) is 0 Å². The van der Waals surface area contributed by atoms with Gasteiger partial charge in [0.1, 0.15) is 5.60 Å². The molecule has 1 aromatic carbocycles. The fourth-order valence-electron chi connectivity index (χ4n) is 2.16. The highest BCUT2D eigenvalue weighted by Gasteiger charge is 2.29. The zero-order valence-electron chi connectivity index (χ0n) is 12.7. The lowest BCUT2D eigenvalue weighted by molar-refractivity contribution is 0.0171. The molecule has 116 valence electrons. The first-order chi connectivity index (χ1) is 9.67. The third kappa shape index (κ3) is 3.62. The lowest BCUT2D eigenvalue weighted by Gasteiger charge is -2.30. The number of hydrogen-bond acceptors (Lipinski definition) is 3. The first-order valence-corrected chi connectivity index (χ1v) is 6.89. The Hall–Kier alpha value is -1.85. The maximum atomic E-state index is 13.4. The minimum Gasteiger partial charge on any atom is -0.444 e. The van der Waals surface area contributed by atoms with Crippen LogP contribution in [0.2, 0.25) is 0 Å². The van der Waals surface area contributed by atoms with E-state index in [1.807, 2.05) is 6.92 Å². The lowest BCUT2D eigenvalue weighted by atomic mass is 10.1. The van der Waals surface area contributed by atoms with Gasteiger partial charge in [0.05, 0.1) is 6.54 Å². The van der Waals surface area contributed by atoms with E-state index >= 15 is 0 Å². The van der Waals surface area contributed by atoms with E-state index in [0.29, 0.717) is 17.8 Å². The molecule has 21 heavy (non-hydrogen) atoms. The monoisotopic (exact) mass is 298 g/mol. The Balaban J connectivity index is 2.27. The number of fused-ring (bicyclic) bond motifs is 1. The number of rotatable bonds is 0. The molecule has 1 N–H and O–H groups in total. The van der Waals surface area contributed by atoms with Crippen molar-refractivity contribution in [2.45, 2.75) is 45.9 Å². The molecular formula is C15H20F2N2O2. The Morgan fingerprint density at radius 2 is 1.95 bits per heavy atom. The number of nitrogens with zero attached hydrogens (tertiary/aromatic N) is 1. The summed E-state index contributed by atoms with van der Waals surface area (Å²) in [7, 11) is 0. The predicted octanol–water partition coefficient (Wildman–Crippen LogP) is 3.52. The molecule has 1 heterocycles. The van der Waals surface area contributed by atoms with Crippen molar-refractivity contribution in [2.75, 3.05) is 11.9 Å². The van der Waals surface area contributed by atoms with Gasteiger partial charge in [-0.2, -0.15) is 0 Å². The Kier molecular flexibility index (Phi) is 4.07. The lowest BCUT2D eigenvalue weighted by Crippen LogP contribution is -2.43. The van der Waals surface area contributed by atoms with Gasteiger partial charge in [0, 0.05) is 24.3 Å². The molecule has 1 aliphatic heterocycles. The molecule has 0 radical (unpaired) electrons. The van der Waals surface area contributed by atoms with E-state index in [0.717, 1.165) is 12.1 Å². The average Bonchev–Trinajstić information content (AvgIpc) is 2.49. The molecular weight excluding hydrogens is 278 g/mol. The third-order valence-corrected chi connectivity index (χ3v) is 3.23. The maximum Gasteiger partial charge on any atom is 0.410 e. The topological polar surface area (TPSA) is 41.6 Å². The van der Waals surface area contributed by atoms with Crippen molar-refractivity contribution in [3.05, 3.63) is 29.3 Å². The van der Waals surface area contributed by atoms with Crippen molar-refractivity contribution < 1.29 is 18.3 Å². The van der Waals surface area contributed by atoms with Crippen molar-refractivity contribution in [1.82, 2.24) is 4.90 Å². The molecule has 6 heteroatoms. The normalized spacial score (nSPS) is 18.6. The summed E-state index contributed by atoms with van der Waals surface area (Å²) in [5.41, 5.74) is 0.434. The third-order valence-electron chi connectivity index (χ3n) is 3.23. The van der Waals surface area contributed by atoms with Crippen LogP contribution < -0.4 is 5.32 Å². The van der Waals surface area contributed by atoms with Crippen LogP contribution in [0.15, 0.2) is 12.1 Å². The highest BCUT2D eigenvalue weighted by molar-refractivity contribution is 5.70. The van der Waals surface area contributed by atoms with E-state index in [2.05, 4.69) is 5.32 Å². The van der Waals surface area contributed by atoms with Crippen LogP contribution in [0.3, 0.4) is 0 Å². The SMILES string of the molecule is C[C@@H]1CNc2cc(F)c(F)cc2CN1C(=O)OC(C)(C)C. The number of ether oxygens (including phenoxy) is 1. The largest absolute Gasteiger partial charge is 0.444 e. The van der Waals surface area contributed by atoms with Crippen LogP contribution in [0, 0.1) is 11.6 Å². The van der Waals surface area contributed by atoms with Crippen LogP contribution in [0.1, 0.15) is 33.3 Å². The van der Waals surface area contributed by atoms with Crippen LogP contribution in [-0.2, 0) is 11.3 Å². The first-order valence-electron chi connectivity index (χ1n) is 6.89. The van der Waals surface area contributed by atoms with Crippen LogP contribution in [0.5, 0.6) is 0 Å². The highest BCUT2D eigenvalue weighted by Crippen LogP contribution is 2.26. The smallest absolute Gasteiger partial charge is 0.410 e. The van der Waals surface area contributed by atoms with E-state index in [4.69, 9.17) is 4.74 Å². The summed E-state index contributed by atoms with van der Waals surface area (Å²) in [6.07, 6.45) is -0.464. The Morgan fingerprint density at radius 3 is 2.57 bits per heavy atom. The van der Waals surface area contributed by atoms with Gasteiger partial charge in [-0.1, -0.05) is 0 Å². The molecule has 1 atom stereocenters. The molecule has 0 fully saturated rings. The molecule has 4 nitrogen and oxygen atoms in total. The summed E-state index contributed by atoms with van der Waals surface area (Å²) in [6, 6.07) is 2.08. The van der Waals surface area contributed by atoms with Gasteiger partial charge >= 0.3 is 6.09 Å². The van der Waals surface area contributed by atoms with Crippen LogP contribution in [0.25, 0.3) is 0 Å². The molecule has 0 saturated heterocycles. The molecule has 1 aliphatic rings. The van der Waals surface area contributed by atoms with Crippen molar-refractivity contribution >= 4 is 11.8 Å². The van der Waals surface area contributed by atoms with Crippen LogP contribution in [-0.4, -0.2) is 29.2 Å². The molecule has 0 aromatic heterocycles. The Bertz CT molecular complexity index is 555. The molecule has 0 saturated carbocycles. The van der Waals surface area contributed by atoms with Gasteiger partial charge in [-0.05, 0) is 39.3 Å². The zero-order valence-corrected chi connectivity index (χ0v) is 12.7. The van der Waals surface area contributed by atoms with E-state index in [1.165, 1.54) is 4.90 Å². The Labute approximate surface area is 123 Å². The summed E-state index contributed by atoms with van der Waals surface area (Å²) >= 11 is 0.